The van der Waals surface area contributed by atoms with Crippen LogP contribution < -0.4 is 5.32 Å². The lowest BCUT2D eigenvalue weighted by Gasteiger charge is -2.19. The molecule has 3 rings (SSSR count). The predicted molar refractivity (Wildman–Crippen MR) is 128 cm³/mol. The number of aliphatic imine (C=N–C) groups is 1. The van der Waals surface area contributed by atoms with Crippen molar-refractivity contribution >= 4 is 17.6 Å². The third-order valence-electron chi connectivity index (χ3n) is 5.06. The van der Waals surface area contributed by atoms with Gasteiger partial charge >= 0.3 is 5.97 Å². The molecule has 0 heterocycles. The number of benzene rings is 3. The first-order valence-electron chi connectivity index (χ1n) is 10.8. The van der Waals surface area contributed by atoms with Crippen LogP contribution in [-0.4, -0.2) is 48.0 Å². The Balaban J connectivity index is 1.59. The van der Waals surface area contributed by atoms with Crippen molar-refractivity contribution in [3.8, 4) is 0 Å². The van der Waals surface area contributed by atoms with Crippen molar-refractivity contribution in [2.24, 2.45) is 4.99 Å². The van der Waals surface area contributed by atoms with Crippen molar-refractivity contribution in [1.29, 1.82) is 0 Å². The molecule has 170 valence electrons. The minimum absolute atomic E-state index is 0.105. The Morgan fingerprint density at radius 3 is 2.03 bits per heavy atom. The molecule has 0 aliphatic carbocycles. The minimum Gasteiger partial charge on any atom is -0.461 e. The highest BCUT2D eigenvalue weighted by molar-refractivity contribution is 5.98. The van der Waals surface area contributed by atoms with Crippen LogP contribution in [0.1, 0.15) is 28.4 Å². The van der Waals surface area contributed by atoms with Gasteiger partial charge in [0.25, 0.3) is 5.91 Å². The molecule has 0 bridgehead atoms. The summed E-state index contributed by atoms with van der Waals surface area (Å²) in [7, 11) is 0. The number of hydrogen-bond acceptors (Lipinski definition) is 5. The summed E-state index contributed by atoms with van der Waals surface area (Å²) in [5.41, 5.74) is 3.09. The van der Waals surface area contributed by atoms with Crippen LogP contribution in [0.2, 0.25) is 0 Å². The van der Waals surface area contributed by atoms with E-state index in [0.717, 1.165) is 16.8 Å². The van der Waals surface area contributed by atoms with Crippen LogP contribution in [0.25, 0.3) is 0 Å². The van der Waals surface area contributed by atoms with Crippen molar-refractivity contribution in [2.45, 2.75) is 25.5 Å². The Labute approximate surface area is 194 Å². The number of aliphatic hydroxyl groups is 1. The van der Waals surface area contributed by atoms with E-state index in [1.54, 1.807) is 24.3 Å². The fourth-order valence-electron chi connectivity index (χ4n) is 3.22. The normalized spacial score (nSPS) is 13.1. The Morgan fingerprint density at radius 2 is 1.42 bits per heavy atom. The van der Waals surface area contributed by atoms with Gasteiger partial charge < -0.3 is 15.2 Å². The molecule has 0 radical (unpaired) electrons. The molecule has 3 aromatic rings. The first-order valence-corrected chi connectivity index (χ1v) is 10.8. The van der Waals surface area contributed by atoms with Crippen molar-refractivity contribution in [3.63, 3.8) is 0 Å². The summed E-state index contributed by atoms with van der Waals surface area (Å²) in [6.07, 6.45) is -0.672. The smallest absolute Gasteiger partial charge is 0.329 e. The standard InChI is InChI=1S/C27H28N2O4/c1-20(22-13-7-3-8-14-22)28-18-24(30)19-33-27(32)25(17-21-11-5-2-6-12-21)29-26(31)23-15-9-4-10-16-23/h2-16,24-25,30H,17-19H2,1H3,(H,29,31). The van der Waals surface area contributed by atoms with Crippen molar-refractivity contribution in [3.05, 3.63) is 108 Å². The van der Waals surface area contributed by atoms with E-state index in [1.807, 2.05) is 73.7 Å². The van der Waals surface area contributed by atoms with E-state index in [0.29, 0.717) is 5.56 Å². The van der Waals surface area contributed by atoms with Gasteiger partial charge in [-0.1, -0.05) is 78.9 Å². The maximum atomic E-state index is 12.8. The van der Waals surface area contributed by atoms with Gasteiger partial charge in [-0.2, -0.15) is 0 Å². The van der Waals surface area contributed by atoms with Crippen LogP contribution in [0.3, 0.4) is 0 Å². The third-order valence-corrected chi connectivity index (χ3v) is 5.06. The van der Waals surface area contributed by atoms with E-state index in [4.69, 9.17) is 4.74 Å². The van der Waals surface area contributed by atoms with Gasteiger partial charge in [0.15, 0.2) is 0 Å². The van der Waals surface area contributed by atoms with Crippen molar-refractivity contribution in [2.75, 3.05) is 13.2 Å². The first-order chi connectivity index (χ1) is 16.0. The number of rotatable bonds is 10. The van der Waals surface area contributed by atoms with Crippen LogP contribution in [0.5, 0.6) is 0 Å². The van der Waals surface area contributed by atoms with Crippen LogP contribution in [0.15, 0.2) is 96.0 Å². The lowest BCUT2D eigenvalue weighted by molar-refractivity contribution is -0.148. The van der Waals surface area contributed by atoms with E-state index in [-0.39, 0.29) is 25.5 Å². The number of nitrogens with zero attached hydrogens (tertiary/aromatic N) is 1. The Morgan fingerprint density at radius 1 is 0.879 bits per heavy atom. The Kier molecular flexibility index (Phi) is 8.91. The second-order valence-electron chi connectivity index (χ2n) is 7.66. The molecule has 0 aromatic heterocycles. The number of nitrogens with one attached hydrogen (secondary N) is 1. The summed E-state index contributed by atoms with van der Waals surface area (Å²) in [6.45, 7) is 1.76. The number of carbonyl (C=O) groups excluding carboxylic acids is 2. The molecular formula is C27H28N2O4. The number of amides is 1. The predicted octanol–water partition coefficient (Wildman–Crippen LogP) is 3.44. The van der Waals surface area contributed by atoms with Crippen molar-refractivity contribution < 1.29 is 19.4 Å². The number of esters is 1. The summed E-state index contributed by atoms with van der Waals surface area (Å²) >= 11 is 0. The third kappa shape index (κ3) is 7.70. The van der Waals surface area contributed by atoms with E-state index in [2.05, 4.69) is 10.3 Å². The molecule has 0 aliphatic rings. The molecule has 3 aromatic carbocycles. The summed E-state index contributed by atoms with van der Waals surface area (Å²) < 4.78 is 5.34. The molecule has 2 unspecified atom stereocenters. The maximum absolute atomic E-state index is 12.8. The summed E-state index contributed by atoms with van der Waals surface area (Å²) in [5.74, 6) is -0.969. The van der Waals surface area contributed by atoms with Gasteiger partial charge in [0.1, 0.15) is 18.8 Å². The second-order valence-corrected chi connectivity index (χ2v) is 7.66. The average molecular weight is 445 g/mol. The molecule has 6 nitrogen and oxygen atoms in total. The van der Waals surface area contributed by atoms with E-state index < -0.39 is 18.1 Å². The van der Waals surface area contributed by atoms with Crippen molar-refractivity contribution in [1.82, 2.24) is 5.32 Å². The monoisotopic (exact) mass is 444 g/mol. The zero-order chi connectivity index (χ0) is 23.5. The lowest BCUT2D eigenvalue weighted by atomic mass is 10.1. The highest BCUT2D eigenvalue weighted by Gasteiger charge is 2.24. The SMILES string of the molecule is CC(=NCC(O)COC(=O)C(Cc1ccccc1)NC(=O)c1ccccc1)c1ccccc1. The van der Waals surface area contributed by atoms with E-state index >= 15 is 0 Å². The maximum Gasteiger partial charge on any atom is 0.329 e. The second kappa shape index (κ2) is 12.3. The Hall–Kier alpha value is -3.77. The van der Waals surface area contributed by atoms with Crippen LogP contribution in [0, 0.1) is 0 Å². The molecule has 0 saturated carbocycles. The quantitative estimate of drug-likeness (QED) is 0.370. The van der Waals surface area contributed by atoms with Gasteiger partial charge in [-0.15, -0.1) is 0 Å². The van der Waals surface area contributed by atoms with Crippen LogP contribution in [0.4, 0.5) is 0 Å². The topological polar surface area (TPSA) is 88.0 Å². The zero-order valence-corrected chi connectivity index (χ0v) is 18.6. The van der Waals surface area contributed by atoms with E-state index in [1.165, 1.54) is 0 Å². The van der Waals surface area contributed by atoms with Gasteiger partial charge in [0.2, 0.25) is 0 Å². The largest absolute Gasteiger partial charge is 0.461 e. The van der Waals surface area contributed by atoms with Gasteiger partial charge in [-0.05, 0) is 30.2 Å². The van der Waals surface area contributed by atoms with Gasteiger partial charge in [0.05, 0.1) is 6.54 Å². The van der Waals surface area contributed by atoms with Gasteiger partial charge in [-0.3, -0.25) is 9.79 Å². The molecule has 0 fully saturated rings. The minimum atomic E-state index is -0.949. The zero-order valence-electron chi connectivity index (χ0n) is 18.6. The molecule has 33 heavy (non-hydrogen) atoms. The highest BCUT2D eigenvalue weighted by atomic mass is 16.5. The van der Waals surface area contributed by atoms with E-state index in [9.17, 15) is 14.7 Å². The first kappa shape index (κ1) is 23.9. The molecule has 1 amide bonds. The molecule has 0 saturated heterocycles. The highest BCUT2D eigenvalue weighted by Crippen LogP contribution is 2.08. The fraction of sp³-hybridized carbons (Fsp3) is 0.222. The molecule has 0 aliphatic heterocycles. The summed E-state index contributed by atoms with van der Waals surface area (Å²) in [6, 6.07) is 26.8. The molecule has 0 spiro atoms. The summed E-state index contributed by atoms with van der Waals surface area (Å²) in [4.78, 5) is 29.8. The fourth-order valence-corrected chi connectivity index (χ4v) is 3.22. The van der Waals surface area contributed by atoms with Gasteiger partial charge in [0, 0.05) is 17.7 Å². The molecule has 2 N–H and O–H groups in total. The number of ether oxygens (including phenoxy) is 1. The van der Waals surface area contributed by atoms with Crippen LogP contribution >= 0.6 is 0 Å². The molecule has 2 atom stereocenters. The average Bonchev–Trinajstić information content (AvgIpc) is 2.87. The summed E-state index contributed by atoms with van der Waals surface area (Å²) in [5, 5.41) is 13.0. The van der Waals surface area contributed by atoms with Gasteiger partial charge in [-0.25, -0.2) is 4.79 Å². The Bertz CT molecular complexity index is 1050. The van der Waals surface area contributed by atoms with Crippen LogP contribution in [-0.2, 0) is 16.0 Å². The number of carbonyl (C=O) groups is 2. The number of hydrogen-bond donors (Lipinski definition) is 2. The molecule has 6 heteroatoms. The number of aliphatic hydroxyl groups excluding tert-OH is 1. The lowest BCUT2D eigenvalue weighted by Crippen LogP contribution is -2.44. The molecular weight excluding hydrogens is 416 g/mol.